The summed E-state index contributed by atoms with van der Waals surface area (Å²) in [6.45, 7) is 2.50. The fourth-order valence-corrected chi connectivity index (χ4v) is 0. The largest absolute Gasteiger partial charge is 0.466 e. The SMILES string of the molecule is C1CN1.N.O=P(O)(O)O. The maximum atomic E-state index is 8.88. The van der Waals surface area contributed by atoms with Crippen molar-refractivity contribution in [1.82, 2.24) is 11.5 Å². The molecule has 0 aromatic heterocycles. The van der Waals surface area contributed by atoms with Crippen LogP contribution in [-0.4, -0.2) is 27.8 Å². The molecule has 58 valence electrons. The minimum absolute atomic E-state index is 0. The van der Waals surface area contributed by atoms with E-state index in [1.54, 1.807) is 0 Å². The Labute approximate surface area is 52.7 Å². The van der Waals surface area contributed by atoms with E-state index >= 15 is 0 Å². The highest BCUT2D eigenvalue weighted by Crippen LogP contribution is 2.25. The van der Waals surface area contributed by atoms with E-state index in [0.717, 1.165) is 0 Å². The van der Waals surface area contributed by atoms with Crippen LogP contribution in [0.5, 0.6) is 0 Å². The van der Waals surface area contributed by atoms with E-state index < -0.39 is 7.82 Å². The van der Waals surface area contributed by atoms with Crippen LogP contribution in [0.3, 0.4) is 0 Å². The summed E-state index contributed by atoms with van der Waals surface area (Å²) in [6, 6.07) is 0. The van der Waals surface area contributed by atoms with E-state index in [2.05, 4.69) is 5.32 Å². The van der Waals surface area contributed by atoms with Gasteiger partial charge in [-0.05, 0) is 0 Å². The molecule has 1 aliphatic rings. The van der Waals surface area contributed by atoms with Gasteiger partial charge in [-0.3, -0.25) is 0 Å². The third kappa shape index (κ3) is 275. The van der Waals surface area contributed by atoms with Gasteiger partial charge in [-0.2, -0.15) is 0 Å². The predicted octanol–water partition coefficient (Wildman–Crippen LogP) is -1.18. The zero-order valence-electron chi connectivity index (χ0n) is 4.82. The molecule has 1 heterocycles. The average Bonchev–Trinajstić information content (AvgIpc) is 1.95. The Hall–Kier alpha value is 0.0300. The van der Waals surface area contributed by atoms with E-state index in [1.165, 1.54) is 13.1 Å². The van der Waals surface area contributed by atoms with Crippen LogP contribution >= 0.6 is 7.82 Å². The topological polar surface area (TPSA) is 135 Å². The van der Waals surface area contributed by atoms with Gasteiger partial charge in [0.1, 0.15) is 0 Å². The Morgan fingerprint density at radius 2 is 1.33 bits per heavy atom. The monoisotopic (exact) mass is 158 g/mol. The molecule has 6 nitrogen and oxygen atoms in total. The van der Waals surface area contributed by atoms with Crippen LogP contribution < -0.4 is 11.5 Å². The molecule has 0 unspecified atom stereocenters. The lowest BCUT2D eigenvalue weighted by Crippen LogP contribution is -1.66. The van der Waals surface area contributed by atoms with Crippen LogP contribution in [0.1, 0.15) is 0 Å². The van der Waals surface area contributed by atoms with Crippen molar-refractivity contribution in [1.29, 1.82) is 0 Å². The van der Waals surface area contributed by atoms with Gasteiger partial charge in [0.2, 0.25) is 0 Å². The van der Waals surface area contributed by atoms with E-state index in [9.17, 15) is 0 Å². The van der Waals surface area contributed by atoms with Gasteiger partial charge < -0.3 is 26.1 Å². The van der Waals surface area contributed by atoms with Crippen molar-refractivity contribution < 1.29 is 19.2 Å². The maximum absolute atomic E-state index is 8.88. The summed E-state index contributed by atoms with van der Waals surface area (Å²) in [4.78, 5) is 21.6. The number of hydrogen-bond acceptors (Lipinski definition) is 3. The minimum atomic E-state index is -4.64. The molecule has 7 heteroatoms. The highest BCUT2D eigenvalue weighted by Gasteiger charge is 2.00. The van der Waals surface area contributed by atoms with E-state index in [-0.39, 0.29) is 6.15 Å². The molecule has 1 rings (SSSR count). The third-order valence-electron chi connectivity index (χ3n) is 0.250. The summed E-state index contributed by atoms with van der Waals surface area (Å²) in [5, 5.41) is 3.00. The molecule has 0 bridgehead atoms. The van der Waals surface area contributed by atoms with Gasteiger partial charge in [-0.1, -0.05) is 0 Å². The first-order chi connectivity index (χ1) is 3.50. The summed E-state index contributed by atoms with van der Waals surface area (Å²) < 4.78 is 8.88. The summed E-state index contributed by atoms with van der Waals surface area (Å²) in [5.74, 6) is 0. The van der Waals surface area contributed by atoms with Crippen LogP contribution in [0.4, 0.5) is 0 Å². The van der Waals surface area contributed by atoms with Crippen molar-refractivity contribution in [3.8, 4) is 0 Å². The zero-order valence-corrected chi connectivity index (χ0v) is 5.71. The molecule has 0 radical (unpaired) electrons. The lowest BCUT2D eigenvalue weighted by Gasteiger charge is -1.82. The number of phosphoric acid groups is 1. The highest BCUT2D eigenvalue weighted by atomic mass is 31.2. The molecule has 0 aromatic carbocycles. The fraction of sp³-hybridized carbons (Fsp3) is 1.00. The lowest BCUT2D eigenvalue weighted by molar-refractivity contribution is 0.275. The number of rotatable bonds is 0. The summed E-state index contributed by atoms with van der Waals surface area (Å²) in [5.41, 5.74) is 0. The van der Waals surface area contributed by atoms with Crippen LogP contribution in [0.25, 0.3) is 0 Å². The summed E-state index contributed by atoms with van der Waals surface area (Å²) >= 11 is 0. The first-order valence-corrected chi connectivity index (χ1v) is 3.55. The van der Waals surface area contributed by atoms with E-state index in [4.69, 9.17) is 19.2 Å². The average molecular weight is 158 g/mol. The fourth-order valence-electron chi connectivity index (χ4n) is 0. The van der Waals surface area contributed by atoms with Gasteiger partial charge >= 0.3 is 7.82 Å². The van der Waals surface area contributed by atoms with Gasteiger partial charge in [0.05, 0.1) is 0 Å². The van der Waals surface area contributed by atoms with Gasteiger partial charge in [0.25, 0.3) is 0 Å². The van der Waals surface area contributed by atoms with E-state index in [0.29, 0.717) is 0 Å². The molecule has 9 heavy (non-hydrogen) atoms. The highest BCUT2D eigenvalue weighted by molar-refractivity contribution is 7.45. The van der Waals surface area contributed by atoms with Crippen molar-refractivity contribution >= 4 is 7.82 Å². The lowest BCUT2D eigenvalue weighted by atomic mass is 11.0. The smallest absolute Gasteiger partial charge is 0.344 e. The molecule has 0 atom stereocenters. The van der Waals surface area contributed by atoms with Crippen LogP contribution in [0.2, 0.25) is 0 Å². The van der Waals surface area contributed by atoms with Crippen molar-refractivity contribution in [3.63, 3.8) is 0 Å². The Morgan fingerprint density at radius 1 is 1.22 bits per heavy atom. The third-order valence-corrected chi connectivity index (χ3v) is 0.250. The maximum Gasteiger partial charge on any atom is 0.466 e. The minimum Gasteiger partial charge on any atom is -0.344 e. The molecule has 0 amide bonds. The van der Waals surface area contributed by atoms with E-state index in [1.807, 2.05) is 0 Å². The number of hydrogen-bond donors (Lipinski definition) is 5. The molecular weight excluding hydrogens is 147 g/mol. The molecule has 1 saturated heterocycles. The normalized spacial score (nSPS) is 14.6. The van der Waals surface area contributed by atoms with Crippen molar-refractivity contribution in [3.05, 3.63) is 0 Å². The van der Waals surface area contributed by atoms with Crippen LogP contribution in [0, 0.1) is 0 Å². The molecule has 0 aromatic rings. The Morgan fingerprint density at radius 3 is 1.33 bits per heavy atom. The molecule has 0 saturated carbocycles. The van der Waals surface area contributed by atoms with Crippen LogP contribution in [0.15, 0.2) is 0 Å². The van der Waals surface area contributed by atoms with Gasteiger partial charge in [0, 0.05) is 13.1 Å². The van der Waals surface area contributed by atoms with Crippen molar-refractivity contribution in [2.75, 3.05) is 13.1 Å². The first kappa shape index (κ1) is 11.8. The predicted molar refractivity (Wildman–Crippen MR) is 32.2 cm³/mol. The summed E-state index contributed by atoms with van der Waals surface area (Å²) in [6.07, 6.45) is 0. The Balaban J connectivity index is 0. The first-order valence-electron chi connectivity index (χ1n) is 1.99. The van der Waals surface area contributed by atoms with Crippen molar-refractivity contribution in [2.24, 2.45) is 0 Å². The van der Waals surface area contributed by atoms with Gasteiger partial charge in [0.15, 0.2) is 0 Å². The quantitative estimate of drug-likeness (QED) is 0.222. The molecule has 0 aliphatic carbocycles. The molecule has 0 spiro atoms. The van der Waals surface area contributed by atoms with Gasteiger partial charge in [-0.15, -0.1) is 0 Å². The second kappa shape index (κ2) is 4.87. The van der Waals surface area contributed by atoms with Crippen molar-refractivity contribution in [2.45, 2.75) is 0 Å². The standard InChI is InChI=1S/C2H5N.H3N.H3O4P/c1-2-3-1;;1-5(2,3)4/h3H,1-2H2;1H3;(H3,1,2,3,4). The second-order valence-electron chi connectivity index (χ2n) is 1.26. The molecule has 7 N–H and O–H groups in total. The van der Waals surface area contributed by atoms with Gasteiger partial charge in [-0.25, -0.2) is 4.57 Å². The Bertz CT molecular complexity index is 87.7. The summed E-state index contributed by atoms with van der Waals surface area (Å²) in [7, 11) is -4.64. The second-order valence-corrected chi connectivity index (χ2v) is 2.29. The molecular formula is C2H11N2O4P. The number of nitrogens with one attached hydrogen (secondary N) is 1. The van der Waals surface area contributed by atoms with Crippen LogP contribution in [-0.2, 0) is 4.57 Å². The molecule has 1 aliphatic heterocycles. The Kier molecular flexibility index (Phi) is 6.37. The molecule has 1 fully saturated rings. The zero-order chi connectivity index (χ0) is 6.62.